The lowest BCUT2D eigenvalue weighted by molar-refractivity contribution is -0.150. The molecular weight excluding hydrogens is 244 g/mol. The van der Waals surface area contributed by atoms with Crippen LogP contribution in [0.25, 0.3) is 0 Å². The molecule has 1 aromatic rings. The predicted molar refractivity (Wildman–Crippen MR) is 70.8 cm³/mol. The van der Waals surface area contributed by atoms with E-state index in [9.17, 15) is 4.79 Å². The van der Waals surface area contributed by atoms with Crippen LogP contribution >= 0.6 is 0 Å². The van der Waals surface area contributed by atoms with E-state index in [1.54, 1.807) is 19.2 Å². The molecule has 1 heterocycles. The molecule has 0 amide bonds. The molecule has 1 unspecified atom stereocenters. The lowest BCUT2D eigenvalue weighted by Gasteiger charge is -2.20. The molecule has 0 saturated carbocycles. The molecule has 4 atom stereocenters. The molecule has 0 bridgehead atoms. The molecule has 1 saturated heterocycles. The van der Waals surface area contributed by atoms with Crippen LogP contribution in [-0.4, -0.2) is 31.6 Å². The van der Waals surface area contributed by atoms with E-state index in [0.717, 1.165) is 6.42 Å². The summed E-state index contributed by atoms with van der Waals surface area (Å²) in [5.74, 6) is -0.206. The highest BCUT2D eigenvalue weighted by atomic mass is 16.7. The van der Waals surface area contributed by atoms with E-state index in [1.807, 2.05) is 25.1 Å². The van der Waals surface area contributed by atoms with Gasteiger partial charge < -0.3 is 14.2 Å². The Morgan fingerprint density at radius 2 is 2.00 bits per heavy atom. The average Bonchev–Trinajstić information content (AvgIpc) is 2.76. The van der Waals surface area contributed by atoms with Gasteiger partial charge in [0.1, 0.15) is 0 Å². The second-order valence-corrected chi connectivity index (χ2v) is 4.78. The third-order valence-electron chi connectivity index (χ3n) is 3.57. The normalized spacial score (nSPS) is 30.3. The summed E-state index contributed by atoms with van der Waals surface area (Å²) in [6, 6.07) is 8.97. The third-order valence-corrected chi connectivity index (χ3v) is 3.57. The zero-order chi connectivity index (χ0) is 13.8. The monoisotopic (exact) mass is 264 g/mol. The van der Waals surface area contributed by atoms with Crippen molar-refractivity contribution in [2.24, 2.45) is 5.92 Å². The number of hydrogen-bond acceptors (Lipinski definition) is 4. The lowest BCUT2D eigenvalue weighted by Crippen LogP contribution is -2.32. The number of rotatable bonds is 4. The van der Waals surface area contributed by atoms with Gasteiger partial charge in [0.05, 0.1) is 11.7 Å². The highest BCUT2D eigenvalue weighted by Crippen LogP contribution is 2.31. The fourth-order valence-electron chi connectivity index (χ4n) is 2.42. The Morgan fingerprint density at radius 1 is 1.32 bits per heavy atom. The van der Waals surface area contributed by atoms with Crippen molar-refractivity contribution in [1.29, 1.82) is 0 Å². The van der Waals surface area contributed by atoms with Gasteiger partial charge in [0.15, 0.2) is 12.4 Å². The van der Waals surface area contributed by atoms with Gasteiger partial charge in [0.25, 0.3) is 0 Å². The maximum atomic E-state index is 12.1. The Kier molecular flexibility index (Phi) is 4.56. The molecule has 0 N–H and O–H groups in total. The topological polar surface area (TPSA) is 44.8 Å². The zero-order valence-corrected chi connectivity index (χ0v) is 11.5. The molecule has 1 aliphatic heterocycles. The van der Waals surface area contributed by atoms with Crippen molar-refractivity contribution in [3.63, 3.8) is 0 Å². The maximum Gasteiger partial charge on any atom is 0.338 e. The van der Waals surface area contributed by atoms with Gasteiger partial charge in [-0.15, -0.1) is 0 Å². The first kappa shape index (κ1) is 14.0. The maximum absolute atomic E-state index is 12.1. The Morgan fingerprint density at radius 3 is 2.58 bits per heavy atom. The van der Waals surface area contributed by atoms with Gasteiger partial charge >= 0.3 is 5.97 Å². The smallest absolute Gasteiger partial charge is 0.338 e. The van der Waals surface area contributed by atoms with E-state index >= 15 is 0 Å². The van der Waals surface area contributed by atoms with Gasteiger partial charge in [-0.3, -0.25) is 0 Å². The summed E-state index contributed by atoms with van der Waals surface area (Å²) in [5.41, 5.74) is 0.546. The number of carbonyl (C=O) groups is 1. The van der Waals surface area contributed by atoms with Crippen LogP contribution in [0.15, 0.2) is 30.3 Å². The summed E-state index contributed by atoms with van der Waals surface area (Å²) in [5, 5.41) is 0. The summed E-state index contributed by atoms with van der Waals surface area (Å²) < 4.78 is 16.5. The molecule has 4 heteroatoms. The van der Waals surface area contributed by atoms with Crippen molar-refractivity contribution in [1.82, 2.24) is 0 Å². The van der Waals surface area contributed by atoms with Crippen molar-refractivity contribution in [2.75, 3.05) is 7.11 Å². The number of hydrogen-bond donors (Lipinski definition) is 0. The predicted octanol–water partition coefficient (Wildman–Crippen LogP) is 2.63. The van der Waals surface area contributed by atoms with Gasteiger partial charge in [-0.25, -0.2) is 4.79 Å². The Balaban J connectivity index is 2.07. The van der Waals surface area contributed by atoms with Crippen molar-refractivity contribution in [3.05, 3.63) is 35.9 Å². The Hall–Kier alpha value is -1.39. The molecule has 0 radical (unpaired) electrons. The summed E-state index contributed by atoms with van der Waals surface area (Å²) >= 11 is 0. The standard InChI is InChI=1S/C15H20O4/c1-4-12-10(2)13(15(17-3)18-12)19-14(16)11-8-6-5-7-9-11/h5-10,12-13,15H,4H2,1-3H3/t10-,12+,13-,15?/m1/s1. The van der Waals surface area contributed by atoms with E-state index in [4.69, 9.17) is 14.2 Å². The highest BCUT2D eigenvalue weighted by molar-refractivity contribution is 5.89. The zero-order valence-electron chi connectivity index (χ0n) is 11.5. The molecule has 19 heavy (non-hydrogen) atoms. The van der Waals surface area contributed by atoms with Crippen molar-refractivity contribution in [3.8, 4) is 0 Å². The van der Waals surface area contributed by atoms with E-state index in [1.165, 1.54) is 0 Å². The first-order valence-electron chi connectivity index (χ1n) is 6.61. The van der Waals surface area contributed by atoms with Crippen molar-refractivity contribution in [2.45, 2.75) is 38.8 Å². The largest absolute Gasteiger partial charge is 0.453 e. The molecule has 1 aliphatic rings. The molecule has 0 aromatic heterocycles. The minimum absolute atomic E-state index is 0.0681. The molecule has 1 aromatic carbocycles. The average molecular weight is 264 g/mol. The number of ether oxygens (including phenoxy) is 3. The fourth-order valence-corrected chi connectivity index (χ4v) is 2.42. The van der Waals surface area contributed by atoms with Gasteiger partial charge in [0, 0.05) is 13.0 Å². The Labute approximate surface area is 113 Å². The van der Waals surface area contributed by atoms with Crippen molar-refractivity contribution >= 4 is 5.97 Å². The first-order chi connectivity index (χ1) is 9.17. The summed E-state index contributed by atoms with van der Waals surface area (Å²) in [4.78, 5) is 12.1. The lowest BCUT2D eigenvalue weighted by atomic mass is 9.99. The minimum Gasteiger partial charge on any atom is -0.453 e. The van der Waals surface area contributed by atoms with Crippen LogP contribution in [0.3, 0.4) is 0 Å². The molecule has 104 valence electrons. The van der Waals surface area contributed by atoms with Crippen LogP contribution in [0.2, 0.25) is 0 Å². The van der Waals surface area contributed by atoms with Crippen LogP contribution in [0, 0.1) is 5.92 Å². The summed E-state index contributed by atoms with van der Waals surface area (Å²) in [6.07, 6.45) is 0.106. The molecule has 0 aliphatic carbocycles. The number of esters is 1. The van der Waals surface area contributed by atoms with Crippen LogP contribution in [0.5, 0.6) is 0 Å². The first-order valence-corrected chi connectivity index (χ1v) is 6.61. The van der Waals surface area contributed by atoms with Gasteiger partial charge in [-0.1, -0.05) is 32.0 Å². The molecule has 0 spiro atoms. The van der Waals surface area contributed by atoms with Gasteiger partial charge in [0.2, 0.25) is 0 Å². The summed E-state index contributed by atoms with van der Waals surface area (Å²) in [6.45, 7) is 4.07. The second kappa shape index (κ2) is 6.17. The molecule has 1 fully saturated rings. The fraction of sp³-hybridized carbons (Fsp3) is 0.533. The van der Waals surface area contributed by atoms with Crippen LogP contribution < -0.4 is 0 Å². The van der Waals surface area contributed by atoms with E-state index in [0.29, 0.717) is 5.56 Å². The van der Waals surface area contributed by atoms with E-state index in [2.05, 4.69) is 6.92 Å². The minimum atomic E-state index is -0.479. The Bertz CT molecular complexity index is 415. The SMILES string of the molecule is CC[C@@H]1OC(OC)[C@H](OC(=O)c2ccccc2)[C@@H]1C. The van der Waals surface area contributed by atoms with Crippen LogP contribution in [0.4, 0.5) is 0 Å². The highest BCUT2D eigenvalue weighted by Gasteiger charge is 2.43. The van der Waals surface area contributed by atoms with Gasteiger partial charge in [-0.2, -0.15) is 0 Å². The number of methoxy groups -OCH3 is 1. The van der Waals surface area contributed by atoms with Gasteiger partial charge in [-0.05, 0) is 18.6 Å². The van der Waals surface area contributed by atoms with Crippen molar-refractivity contribution < 1.29 is 19.0 Å². The molecule has 2 rings (SSSR count). The van der Waals surface area contributed by atoms with Crippen LogP contribution in [-0.2, 0) is 14.2 Å². The van der Waals surface area contributed by atoms with E-state index in [-0.39, 0.29) is 24.1 Å². The summed E-state index contributed by atoms with van der Waals surface area (Å²) in [7, 11) is 1.57. The number of benzene rings is 1. The van der Waals surface area contributed by atoms with Crippen LogP contribution in [0.1, 0.15) is 30.6 Å². The quantitative estimate of drug-likeness (QED) is 0.784. The number of carbonyl (C=O) groups excluding carboxylic acids is 1. The van der Waals surface area contributed by atoms with E-state index < -0.39 is 6.29 Å². The third kappa shape index (κ3) is 2.96. The molecule has 4 nitrogen and oxygen atoms in total. The molecular formula is C15H20O4. The second-order valence-electron chi connectivity index (χ2n) is 4.78.